The molecule has 1 rings (SSSR count). The van der Waals surface area contributed by atoms with Crippen LogP contribution in [-0.4, -0.2) is 5.78 Å². The summed E-state index contributed by atoms with van der Waals surface area (Å²) in [6.07, 6.45) is 3.18. The van der Waals surface area contributed by atoms with Crippen LogP contribution in [0.15, 0.2) is 36.4 Å². The van der Waals surface area contributed by atoms with E-state index in [0.29, 0.717) is 5.78 Å². The zero-order chi connectivity index (χ0) is 14.4. The van der Waals surface area contributed by atoms with Gasteiger partial charge < -0.3 is 0 Å². The maximum atomic E-state index is 12.0. The van der Waals surface area contributed by atoms with Crippen LogP contribution in [0.1, 0.15) is 57.6 Å². The Morgan fingerprint density at radius 3 is 2.21 bits per heavy atom. The summed E-state index contributed by atoms with van der Waals surface area (Å²) in [6.45, 7) is 12.2. The Labute approximate surface area is 117 Å². The van der Waals surface area contributed by atoms with E-state index in [2.05, 4.69) is 37.8 Å². The first kappa shape index (κ1) is 15.7. The third-order valence-electron chi connectivity index (χ3n) is 3.53. The summed E-state index contributed by atoms with van der Waals surface area (Å²) in [4.78, 5) is 12.0. The minimum Gasteiger partial charge on any atom is -0.299 e. The summed E-state index contributed by atoms with van der Waals surface area (Å²) in [5.74, 6) is 0.398. The molecule has 1 heteroatoms. The second kappa shape index (κ2) is 7.28. The molecular weight excluding hydrogens is 232 g/mol. The highest BCUT2D eigenvalue weighted by Gasteiger charge is 2.17. The van der Waals surface area contributed by atoms with Crippen molar-refractivity contribution in [2.45, 2.75) is 52.9 Å². The lowest BCUT2D eigenvalue weighted by Gasteiger charge is -2.14. The molecule has 1 atom stereocenters. The molecule has 0 bridgehead atoms. The molecule has 0 heterocycles. The van der Waals surface area contributed by atoms with E-state index in [9.17, 15) is 4.79 Å². The van der Waals surface area contributed by atoms with E-state index in [1.165, 1.54) is 11.1 Å². The van der Waals surface area contributed by atoms with Crippen LogP contribution in [0, 0.1) is 5.92 Å². The number of carbonyl (C=O) groups excluding carboxylic acids is 1. The molecule has 1 unspecified atom stereocenters. The van der Waals surface area contributed by atoms with E-state index < -0.39 is 0 Å². The van der Waals surface area contributed by atoms with Gasteiger partial charge in [0.1, 0.15) is 5.78 Å². The second-order valence-corrected chi connectivity index (χ2v) is 5.70. The van der Waals surface area contributed by atoms with Gasteiger partial charge in [0.05, 0.1) is 0 Å². The molecule has 1 aromatic carbocycles. The number of ketones is 1. The van der Waals surface area contributed by atoms with Crippen LogP contribution in [0.2, 0.25) is 0 Å². The van der Waals surface area contributed by atoms with Gasteiger partial charge >= 0.3 is 0 Å². The Kier molecular flexibility index (Phi) is 6.01. The van der Waals surface area contributed by atoms with Crippen LogP contribution >= 0.6 is 0 Å². The SMILES string of the molecule is C=C(CCC)Cc1ccc(C(C)C(=O)C(C)C)cc1. The van der Waals surface area contributed by atoms with Crippen LogP contribution in [0.25, 0.3) is 0 Å². The van der Waals surface area contributed by atoms with Crippen molar-refractivity contribution in [3.63, 3.8) is 0 Å². The first-order chi connectivity index (χ1) is 8.95. The van der Waals surface area contributed by atoms with Gasteiger partial charge in [0, 0.05) is 11.8 Å². The minimum atomic E-state index is -0.00658. The maximum Gasteiger partial charge on any atom is 0.142 e. The number of allylic oxidation sites excluding steroid dienone is 1. The van der Waals surface area contributed by atoms with Crippen LogP contribution in [-0.2, 0) is 11.2 Å². The van der Waals surface area contributed by atoms with Gasteiger partial charge in [0.15, 0.2) is 0 Å². The maximum absolute atomic E-state index is 12.0. The quantitative estimate of drug-likeness (QED) is 0.635. The largest absolute Gasteiger partial charge is 0.299 e. The summed E-state index contributed by atoms with van der Waals surface area (Å²) in [7, 11) is 0. The number of Topliss-reactive ketones (excluding diaryl/α,β-unsaturated/α-hetero) is 1. The Morgan fingerprint density at radius 1 is 1.16 bits per heavy atom. The topological polar surface area (TPSA) is 17.1 Å². The smallest absolute Gasteiger partial charge is 0.142 e. The lowest BCUT2D eigenvalue weighted by molar-refractivity contribution is -0.123. The molecule has 104 valence electrons. The summed E-state index contributed by atoms with van der Waals surface area (Å²) in [6, 6.07) is 8.42. The van der Waals surface area contributed by atoms with Gasteiger partial charge in [-0.3, -0.25) is 4.79 Å². The van der Waals surface area contributed by atoms with Crippen molar-refractivity contribution in [1.29, 1.82) is 0 Å². The van der Waals surface area contributed by atoms with Gasteiger partial charge in [-0.1, -0.05) is 70.5 Å². The standard InChI is InChI=1S/C18H26O/c1-6-7-14(4)12-16-8-10-17(11-9-16)15(5)18(19)13(2)3/h8-11,13,15H,4,6-7,12H2,1-3,5H3. The monoisotopic (exact) mass is 258 g/mol. The van der Waals surface area contributed by atoms with Gasteiger partial charge in [-0.25, -0.2) is 0 Å². The molecule has 0 aliphatic rings. The second-order valence-electron chi connectivity index (χ2n) is 5.70. The third kappa shape index (κ3) is 4.66. The number of carbonyl (C=O) groups is 1. The minimum absolute atomic E-state index is 0.00658. The molecule has 1 aromatic rings. The van der Waals surface area contributed by atoms with Gasteiger partial charge in [0.2, 0.25) is 0 Å². The van der Waals surface area contributed by atoms with E-state index in [-0.39, 0.29) is 11.8 Å². The van der Waals surface area contributed by atoms with Crippen LogP contribution in [0.5, 0.6) is 0 Å². The van der Waals surface area contributed by atoms with Crippen molar-refractivity contribution in [3.05, 3.63) is 47.5 Å². The molecule has 1 nitrogen and oxygen atoms in total. The highest BCUT2D eigenvalue weighted by atomic mass is 16.1. The van der Waals surface area contributed by atoms with E-state index in [1.54, 1.807) is 0 Å². The average molecular weight is 258 g/mol. The summed E-state index contributed by atoms with van der Waals surface area (Å²) in [5, 5.41) is 0. The lowest BCUT2D eigenvalue weighted by atomic mass is 9.89. The van der Waals surface area contributed by atoms with Gasteiger partial charge in [-0.05, 0) is 24.0 Å². The third-order valence-corrected chi connectivity index (χ3v) is 3.53. The summed E-state index contributed by atoms with van der Waals surface area (Å²) < 4.78 is 0. The van der Waals surface area contributed by atoms with Crippen molar-refractivity contribution >= 4 is 5.78 Å². The number of rotatable bonds is 7. The Hall–Kier alpha value is -1.37. The Balaban J connectivity index is 2.71. The van der Waals surface area contributed by atoms with Gasteiger partial charge in [-0.2, -0.15) is 0 Å². The normalized spacial score (nSPS) is 12.5. The zero-order valence-electron chi connectivity index (χ0n) is 12.7. The number of benzene rings is 1. The van der Waals surface area contributed by atoms with E-state index in [0.717, 1.165) is 24.8 Å². The van der Waals surface area contributed by atoms with E-state index in [4.69, 9.17) is 0 Å². The Bertz CT molecular complexity index is 426. The van der Waals surface area contributed by atoms with E-state index >= 15 is 0 Å². The molecule has 0 N–H and O–H groups in total. The molecule has 0 saturated carbocycles. The van der Waals surface area contributed by atoms with Gasteiger partial charge in [-0.15, -0.1) is 0 Å². The fourth-order valence-electron chi connectivity index (χ4n) is 2.32. The molecule has 0 aromatic heterocycles. The van der Waals surface area contributed by atoms with Crippen molar-refractivity contribution < 1.29 is 4.79 Å². The average Bonchev–Trinajstić information content (AvgIpc) is 2.38. The molecular formula is C18H26O. The first-order valence-electron chi connectivity index (χ1n) is 7.24. The molecule has 0 aliphatic carbocycles. The first-order valence-corrected chi connectivity index (χ1v) is 7.24. The highest BCUT2D eigenvalue weighted by Crippen LogP contribution is 2.21. The predicted molar refractivity (Wildman–Crippen MR) is 82.5 cm³/mol. The summed E-state index contributed by atoms with van der Waals surface area (Å²) in [5.41, 5.74) is 3.68. The summed E-state index contributed by atoms with van der Waals surface area (Å²) >= 11 is 0. The van der Waals surface area contributed by atoms with Crippen molar-refractivity contribution in [2.75, 3.05) is 0 Å². The molecule has 0 saturated heterocycles. The molecule has 0 aliphatic heterocycles. The highest BCUT2D eigenvalue weighted by molar-refractivity contribution is 5.86. The van der Waals surface area contributed by atoms with Crippen LogP contribution in [0.4, 0.5) is 0 Å². The lowest BCUT2D eigenvalue weighted by Crippen LogP contribution is -2.15. The predicted octanol–water partition coefficient (Wildman–Crippen LogP) is 4.91. The fourth-order valence-corrected chi connectivity index (χ4v) is 2.32. The van der Waals surface area contributed by atoms with Gasteiger partial charge in [0.25, 0.3) is 0 Å². The molecule has 19 heavy (non-hydrogen) atoms. The van der Waals surface area contributed by atoms with Crippen LogP contribution in [0.3, 0.4) is 0 Å². The molecule has 0 radical (unpaired) electrons. The zero-order valence-corrected chi connectivity index (χ0v) is 12.7. The van der Waals surface area contributed by atoms with Crippen molar-refractivity contribution in [3.8, 4) is 0 Å². The number of hydrogen-bond donors (Lipinski definition) is 0. The van der Waals surface area contributed by atoms with Crippen molar-refractivity contribution in [2.24, 2.45) is 5.92 Å². The number of hydrogen-bond acceptors (Lipinski definition) is 1. The fraction of sp³-hybridized carbons (Fsp3) is 0.500. The molecule has 0 amide bonds. The van der Waals surface area contributed by atoms with E-state index in [1.807, 2.05) is 20.8 Å². The molecule has 0 fully saturated rings. The van der Waals surface area contributed by atoms with Crippen molar-refractivity contribution in [1.82, 2.24) is 0 Å². The molecule has 0 spiro atoms. The Morgan fingerprint density at radius 2 is 1.74 bits per heavy atom. The van der Waals surface area contributed by atoms with Crippen LogP contribution < -0.4 is 0 Å².